The Morgan fingerprint density at radius 1 is 1.53 bits per heavy atom. The molecular weight excluding hydrogens is 288 g/mol. The first-order valence-corrected chi connectivity index (χ1v) is 6.01. The number of halogens is 1. The first-order chi connectivity index (χ1) is 8.00. The summed E-state index contributed by atoms with van der Waals surface area (Å²) in [6, 6.07) is 4.74. The standard InChI is InChI=1S/C11H11BrN2O3/c1-13(8-3-4-8)11(15)7-2-5-9(12)10(6-7)14(16)17/h2,5-6,8H,3-4H2,1H3. The molecule has 5 nitrogen and oxygen atoms in total. The van der Waals surface area contributed by atoms with Crippen LogP contribution in [-0.2, 0) is 0 Å². The van der Waals surface area contributed by atoms with Crippen molar-refractivity contribution in [2.75, 3.05) is 7.05 Å². The normalized spacial score (nSPS) is 14.5. The van der Waals surface area contributed by atoms with E-state index in [1.807, 2.05) is 0 Å². The lowest BCUT2D eigenvalue weighted by molar-refractivity contribution is -0.385. The third-order valence-corrected chi connectivity index (χ3v) is 3.48. The molecule has 0 radical (unpaired) electrons. The molecule has 0 heterocycles. The molecule has 0 unspecified atom stereocenters. The fourth-order valence-electron chi connectivity index (χ4n) is 1.62. The highest BCUT2D eigenvalue weighted by molar-refractivity contribution is 9.10. The topological polar surface area (TPSA) is 63.5 Å². The van der Waals surface area contributed by atoms with E-state index in [4.69, 9.17) is 0 Å². The SMILES string of the molecule is CN(C(=O)c1ccc(Br)c([N+](=O)[O-])c1)C1CC1. The minimum absolute atomic E-state index is 0.0833. The lowest BCUT2D eigenvalue weighted by Crippen LogP contribution is -2.28. The molecule has 2 rings (SSSR count). The zero-order chi connectivity index (χ0) is 12.6. The van der Waals surface area contributed by atoms with Crippen LogP contribution >= 0.6 is 15.9 Å². The number of hydrogen-bond donors (Lipinski definition) is 0. The van der Waals surface area contributed by atoms with Crippen molar-refractivity contribution in [3.8, 4) is 0 Å². The summed E-state index contributed by atoms with van der Waals surface area (Å²) in [5.74, 6) is -0.164. The Hall–Kier alpha value is -1.43. The van der Waals surface area contributed by atoms with Crippen LogP contribution < -0.4 is 0 Å². The minimum Gasteiger partial charge on any atom is -0.339 e. The van der Waals surface area contributed by atoms with Crippen molar-refractivity contribution in [1.29, 1.82) is 0 Å². The second kappa shape index (κ2) is 4.44. The average Bonchev–Trinajstić information content (AvgIpc) is 3.11. The van der Waals surface area contributed by atoms with Gasteiger partial charge in [0.15, 0.2) is 0 Å². The molecular formula is C11H11BrN2O3. The van der Waals surface area contributed by atoms with E-state index in [2.05, 4.69) is 15.9 Å². The van der Waals surface area contributed by atoms with Crippen LogP contribution in [0.15, 0.2) is 22.7 Å². The fraction of sp³-hybridized carbons (Fsp3) is 0.364. The smallest absolute Gasteiger partial charge is 0.284 e. The molecule has 6 heteroatoms. The van der Waals surface area contributed by atoms with Gasteiger partial charge in [-0.05, 0) is 40.9 Å². The Kier molecular flexibility index (Phi) is 3.15. The Labute approximate surface area is 107 Å². The summed E-state index contributed by atoms with van der Waals surface area (Å²) in [5.41, 5.74) is 0.273. The Morgan fingerprint density at radius 2 is 2.18 bits per heavy atom. The monoisotopic (exact) mass is 298 g/mol. The molecule has 1 aromatic rings. The van der Waals surface area contributed by atoms with Gasteiger partial charge >= 0.3 is 0 Å². The molecule has 1 aliphatic rings. The number of carbonyl (C=O) groups is 1. The molecule has 0 spiro atoms. The van der Waals surface area contributed by atoms with E-state index in [9.17, 15) is 14.9 Å². The molecule has 17 heavy (non-hydrogen) atoms. The van der Waals surface area contributed by atoms with E-state index in [1.54, 1.807) is 18.0 Å². The summed E-state index contributed by atoms with van der Waals surface area (Å²) < 4.78 is 0.383. The highest BCUT2D eigenvalue weighted by Gasteiger charge is 2.30. The third-order valence-electron chi connectivity index (χ3n) is 2.80. The number of benzene rings is 1. The molecule has 1 saturated carbocycles. The zero-order valence-corrected chi connectivity index (χ0v) is 10.8. The predicted molar refractivity (Wildman–Crippen MR) is 65.9 cm³/mol. The largest absolute Gasteiger partial charge is 0.339 e. The minimum atomic E-state index is -0.502. The number of nitrogens with zero attached hydrogens (tertiary/aromatic N) is 2. The molecule has 1 aromatic carbocycles. The van der Waals surface area contributed by atoms with E-state index >= 15 is 0 Å². The molecule has 0 atom stereocenters. The van der Waals surface area contributed by atoms with Gasteiger partial charge in [0.25, 0.3) is 11.6 Å². The molecule has 1 fully saturated rings. The van der Waals surface area contributed by atoms with Crippen LogP contribution in [0.1, 0.15) is 23.2 Å². The van der Waals surface area contributed by atoms with Gasteiger partial charge in [-0.2, -0.15) is 0 Å². The van der Waals surface area contributed by atoms with Crippen LogP contribution in [0.3, 0.4) is 0 Å². The molecule has 0 bridgehead atoms. The molecule has 90 valence electrons. The van der Waals surface area contributed by atoms with Gasteiger partial charge in [-0.1, -0.05) is 0 Å². The molecule has 0 N–H and O–H groups in total. The van der Waals surface area contributed by atoms with Gasteiger partial charge in [0, 0.05) is 24.7 Å². The van der Waals surface area contributed by atoms with Gasteiger partial charge in [-0.25, -0.2) is 0 Å². The quantitative estimate of drug-likeness (QED) is 0.636. The number of hydrogen-bond acceptors (Lipinski definition) is 3. The summed E-state index contributed by atoms with van der Waals surface area (Å²) >= 11 is 3.09. The third kappa shape index (κ3) is 2.46. The Balaban J connectivity index is 2.29. The maximum atomic E-state index is 12.0. The highest BCUT2D eigenvalue weighted by atomic mass is 79.9. The van der Waals surface area contributed by atoms with E-state index in [0.29, 0.717) is 16.1 Å². The number of rotatable bonds is 3. The summed E-state index contributed by atoms with van der Waals surface area (Å²) in [5, 5.41) is 10.8. The summed E-state index contributed by atoms with van der Waals surface area (Å²) in [6.07, 6.45) is 2.03. The molecule has 1 aliphatic carbocycles. The lowest BCUT2D eigenvalue weighted by atomic mass is 10.2. The summed E-state index contributed by atoms with van der Waals surface area (Å²) in [4.78, 5) is 23.9. The number of nitro benzene ring substituents is 1. The summed E-state index contributed by atoms with van der Waals surface area (Å²) in [7, 11) is 1.73. The predicted octanol–water partition coefficient (Wildman–Crippen LogP) is 2.59. The van der Waals surface area contributed by atoms with Gasteiger partial charge in [-0.15, -0.1) is 0 Å². The van der Waals surface area contributed by atoms with E-state index in [-0.39, 0.29) is 11.6 Å². The first-order valence-electron chi connectivity index (χ1n) is 5.22. The van der Waals surface area contributed by atoms with Crippen LogP contribution in [0.2, 0.25) is 0 Å². The van der Waals surface area contributed by atoms with E-state index in [0.717, 1.165) is 12.8 Å². The molecule has 0 aliphatic heterocycles. The van der Waals surface area contributed by atoms with Crippen LogP contribution in [0.4, 0.5) is 5.69 Å². The molecule has 0 saturated heterocycles. The summed E-state index contributed by atoms with van der Waals surface area (Å²) in [6.45, 7) is 0. The van der Waals surface area contributed by atoms with Crippen molar-refractivity contribution < 1.29 is 9.72 Å². The van der Waals surface area contributed by atoms with Crippen LogP contribution in [0.25, 0.3) is 0 Å². The second-order valence-corrected chi connectivity index (χ2v) is 4.92. The van der Waals surface area contributed by atoms with Gasteiger partial charge in [0.05, 0.1) is 9.40 Å². The number of nitro groups is 1. The molecule has 1 amide bonds. The number of carbonyl (C=O) groups excluding carboxylic acids is 1. The molecule has 0 aromatic heterocycles. The van der Waals surface area contributed by atoms with Gasteiger partial charge in [-0.3, -0.25) is 14.9 Å². The van der Waals surface area contributed by atoms with Gasteiger partial charge < -0.3 is 4.90 Å². The fourth-order valence-corrected chi connectivity index (χ4v) is 2.01. The van der Waals surface area contributed by atoms with Gasteiger partial charge in [0.1, 0.15) is 0 Å². The van der Waals surface area contributed by atoms with Crippen molar-refractivity contribution in [1.82, 2.24) is 4.90 Å². The van der Waals surface area contributed by atoms with Crippen LogP contribution in [0.5, 0.6) is 0 Å². The van der Waals surface area contributed by atoms with Crippen molar-refractivity contribution >= 4 is 27.5 Å². The maximum Gasteiger partial charge on any atom is 0.284 e. The van der Waals surface area contributed by atoms with Crippen molar-refractivity contribution in [2.24, 2.45) is 0 Å². The van der Waals surface area contributed by atoms with Crippen molar-refractivity contribution in [3.05, 3.63) is 38.3 Å². The van der Waals surface area contributed by atoms with Crippen LogP contribution in [-0.4, -0.2) is 28.8 Å². The van der Waals surface area contributed by atoms with Crippen molar-refractivity contribution in [2.45, 2.75) is 18.9 Å². The van der Waals surface area contributed by atoms with Gasteiger partial charge in [0.2, 0.25) is 0 Å². The second-order valence-electron chi connectivity index (χ2n) is 4.07. The number of amides is 1. The van der Waals surface area contributed by atoms with Crippen LogP contribution in [0, 0.1) is 10.1 Å². The Bertz CT molecular complexity index is 486. The Morgan fingerprint density at radius 3 is 2.71 bits per heavy atom. The average molecular weight is 299 g/mol. The lowest BCUT2D eigenvalue weighted by Gasteiger charge is -2.16. The zero-order valence-electron chi connectivity index (χ0n) is 9.22. The van der Waals surface area contributed by atoms with Crippen molar-refractivity contribution in [3.63, 3.8) is 0 Å². The maximum absolute atomic E-state index is 12.0. The van der Waals surface area contributed by atoms with E-state index in [1.165, 1.54) is 12.1 Å². The first kappa shape index (κ1) is 12.0. The van der Waals surface area contributed by atoms with E-state index < -0.39 is 4.92 Å². The highest BCUT2D eigenvalue weighted by Crippen LogP contribution is 2.29.